The summed E-state index contributed by atoms with van der Waals surface area (Å²) in [5.74, 6) is 0.468. The lowest BCUT2D eigenvalue weighted by atomic mass is 10.1. The molecule has 0 bridgehead atoms. The molecule has 0 unspecified atom stereocenters. The van der Waals surface area contributed by atoms with Gasteiger partial charge in [-0.15, -0.1) is 0 Å². The van der Waals surface area contributed by atoms with Crippen LogP contribution in [-0.4, -0.2) is 27.1 Å². The van der Waals surface area contributed by atoms with Gasteiger partial charge in [-0.05, 0) is 19.1 Å². The van der Waals surface area contributed by atoms with Crippen molar-refractivity contribution in [2.24, 2.45) is 7.05 Å². The highest BCUT2D eigenvalue weighted by Crippen LogP contribution is 2.39. The van der Waals surface area contributed by atoms with Crippen molar-refractivity contribution in [1.82, 2.24) is 9.55 Å². The van der Waals surface area contributed by atoms with E-state index in [1.54, 1.807) is 24.0 Å². The van der Waals surface area contributed by atoms with Crippen LogP contribution in [0.5, 0.6) is 0 Å². The zero-order chi connectivity index (χ0) is 12.3. The molecular formula is C12H19N3OS. The SMILES string of the molecule is CSC1(CNc2nccn(C)c2=O)CCCC1. The molecule has 1 heterocycles. The quantitative estimate of drug-likeness (QED) is 0.890. The molecule has 1 N–H and O–H groups in total. The molecule has 0 saturated heterocycles. The topological polar surface area (TPSA) is 46.9 Å². The number of aromatic nitrogens is 2. The highest BCUT2D eigenvalue weighted by Gasteiger charge is 2.32. The zero-order valence-corrected chi connectivity index (χ0v) is 11.2. The van der Waals surface area contributed by atoms with Crippen LogP contribution < -0.4 is 10.9 Å². The van der Waals surface area contributed by atoms with Crippen LogP contribution in [0.15, 0.2) is 17.2 Å². The molecule has 0 aliphatic heterocycles. The second kappa shape index (κ2) is 5.12. The summed E-state index contributed by atoms with van der Waals surface area (Å²) in [5.41, 5.74) is -0.0539. The van der Waals surface area contributed by atoms with Crippen molar-refractivity contribution in [1.29, 1.82) is 0 Å². The third-order valence-corrected chi connectivity index (χ3v) is 4.96. The normalized spacial score (nSPS) is 18.2. The van der Waals surface area contributed by atoms with Gasteiger partial charge in [-0.25, -0.2) is 4.98 Å². The van der Waals surface area contributed by atoms with E-state index in [0.29, 0.717) is 10.6 Å². The van der Waals surface area contributed by atoms with Crippen molar-refractivity contribution >= 4 is 17.6 Å². The molecule has 1 aromatic heterocycles. The van der Waals surface area contributed by atoms with E-state index in [1.165, 1.54) is 25.7 Å². The lowest BCUT2D eigenvalue weighted by Crippen LogP contribution is -2.33. The first-order chi connectivity index (χ1) is 8.17. The van der Waals surface area contributed by atoms with Gasteiger partial charge in [0.15, 0.2) is 5.82 Å². The average molecular weight is 253 g/mol. The van der Waals surface area contributed by atoms with Crippen LogP contribution in [0.4, 0.5) is 5.82 Å². The van der Waals surface area contributed by atoms with E-state index in [-0.39, 0.29) is 5.56 Å². The van der Waals surface area contributed by atoms with Gasteiger partial charge >= 0.3 is 0 Å². The molecule has 1 fully saturated rings. The Kier molecular flexibility index (Phi) is 3.76. The molecule has 1 aliphatic rings. The summed E-state index contributed by atoms with van der Waals surface area (Å²) < 4.78 is 1.85. The van der Waals surface area contributed by atoms with E-state index in [0.717, 1.165) is 6.54 Å². The summed E-state index contributed by atoms with van der Waals surface area (Å²) in [4.78, 5) is 15.9. The number of thioether (sulfide) groups is 1. The molecule has 17 heavy (non-hydrogen) atoms. The molecule has 5 heteroatoms. The fourth-order valence-electron chi connectivity index (χ4n) is 2.34. The predicted octanol–water partition coefficient (Wildman–Crippen LogP) is 1.87. The summed E-state index contributed by atoms with van der Waals surface area (Å²) in [6, 6.07) is 0. The Labute approximate surface area is 106 Å². The van der Waals surface area contributed by atoms with Crippen LogP contribution in [0.25, 0.3) is 0 Å². The first kappa shape index (κ1) is 12.5. The first-order valence-electron chi connectivity index (χ1n) is 5.97. The van der Waals surface area contributed by atoms with E-state index in [4.69, 9.17) is 0 Å². The number of hydrogen-bond donors (Lipinski definition) is 1. The van der Waals surface area contributed by atoms with Gasteiger partial charge in [0.25, 0.3) is 5.56 Å². The fourth-order valence-corrected chi connectivity index (χ4v) is 3.25. The summed E-state index contributed by atoms with van der Waals surface area (Å²) in [7, 11) is 1.75. The summed E-state index contributed by atoms with van der Waals surface area (Å²) in [6.45, 7) is 0.834. The van der Waals surface area contributed by atoms with Gasteiger partial charge in [-0.2, -0.15) is 11.8 Å². The summed E-state index contributed by atoms with van der Waals surface area (Å²) >= 11 is 1.91. The van der Waals surface area contributed by atoms with E-state index in [1.807, 2.05) is 11.8 Å². The predicted molar refractivity (Wildman–Crippen MR) is 72.7 cm³/mol. The molecule has 94 valence electrons. The monoisotopic (exact) mass is 253 g/mol. The maximum absolute atomic E-state index is 11.8. The van der Waals surface area contributed by atoms with Gasteiger partial charge < -0.3 is 9.88 Å². The summed E-state index contributed by atoms with van der Waals surface area (Å²) in [6.07, 6.45) is 10.5. The highest BCUT2D eigenvalue weighted by atomic mass is 32.2. The van der Waals surface area contributed by atoms with Gasteiger partial charge in [0.05, 0.1) is 0 Å². The number of anilines is 1. The Bertz CT molecular complexity index is 438. The Morgan fingerprint density at radius 3 is 2.88 bits per heavy atom. The minimum Gasteiger partial charge on any atom is -0.364 e. The van der Waals surface area contributed by atoms with E-state index in [9.17, 15) is 4.79 Å². The van der Waals surface area contributed by atoms with Gasteiger partial charge in [0.2, 0.25) is 0 Å². The van der Waals surface area contributed by atoms with Crippen LogP contribution in [-0.2, 0) is 7.05 Å². The molecule has 1 aliphatic carbocycles. The van der Waals surface area contributed by atoms with Gasteiger partial charge in [0, 0.05) is 30.7 Å². The molecule has 0 atom stereocenters. The first-order valence-corrected chi connectivity index (χ1v) is 7.20. The molecule has 4 nitrogen and oxygen atoms in total. The average Bonchev–Trinajstić information content (AvgIpc) is 2.81. The zero-order valence-electron chi connectivity index (χ0n) is 10.4. The van der Waals surface area contributed by atoms with E-state index in [2.05, 4.69) is 16.6 Å². The number of aryl methyl sites for hydroxylation is 1. The summed E-state index contributed by atoms with van der Waals surface area (Å²) in [5, 5.41) is 3.22. The number of rotatable bonds is 4. The van der Waals surface area contributed by atoms with E-state index < -0.39 is 0 Å². The van der Waals surface area contributed by atoms with E-state index >= 15 is 0 Å². The lowest BCUT2D eigenvalue weighted by Gasteiger charge is -2.26. The molecule has 0 aromatic carbocycles. The third-order valence-electron chi connectivity index (χ3n) is 3.54. The van der Waals surface area contributed by atoms with Gasteiger partial charge in [-0.1, -0.05) is 12.8 Å². The van der Waals surface area contributed by atoms with Gasteiger partial charge in [0.1, 0.15) is 0 Å². The smallest absolute Gasteiger partial charge is 0.293 e. The maximum Gasteiger partial charge on any atom is 0.293 e. The minimum absolute atomic E-state index is 0.0539. The Balaban J connectivity index is 2.07. The van der Waals surface area contributed by atoms with Crippen molar-refractivity contribution in [3.8, 4) is 0 Å². The van der Waals surface area contributed by atoms with Crippen molar-refractivity contribution in [3.63, 3.8) is 0 Å². The Morgan fingerprint density at radius 1 is 1.53 bits per heavy atom. The van der Waals surface area contributed by atoms with Crippen molar-refractivity contribution < 1.29 is 0 Å². The second-order valence-corrected chi connectivity index (χ2v) is 5.91. The molecule has 0 radical (unpaired) electrons. The van der Waals surface area contributed by atoms with Crippen LogP contribution in [0.2, 0.25) is 0 Å². The molecule has 1 saturated carbocycles. The van der Waals surface area contributed by atoms with Crippen LogP contribution in [0.1, 0.15) is 25.7 Å². The highest BCUT2D eigenvalue weighted by molar-refractivity contribution is 8.00. The third kappa shape index (κ3) is 2.65. The van der Waals surface area contributed by atoms with Crippen LogP contribution >= 0.6 is 11.8 Å². The fraction of sp³-hybridized carbons (Fsp3) is 0.667. The van der Waals surface area contributed by atoms with Crippen LogP contribution in [0.3, 0.4) is 0 Å². The largest absolute Gasteiger partial charge is 0.364 e. The standard InChI is InChI=1S/C12H19N3OS/c1-15-8-7-13-10(11(15)16)14-9-12(17-2)5-3-4-6-12/h7-8H,3-6,9H2,1-2H3,(H,13,14). The molecule has 0 spiro atoms. The van der Waals surface area contributed by atoms with Gasteiger partial charge in [-0.3, -0.25) is 4.79 Å². The van der Waals surface area contributed by atoms with Crippen molar-refractivity contribution in [2.75, 3.05) is 18.1 Å². The minimum atomic E-state index is -0.0539. The van der Waals surface area contributed by atoms with Crippen molar-refractivity contribution in [3.05, 3.63) is 22.7 Å². The molecule has 1 aromatic rings. The molecular weight excluding hydrogens is 234 g/mol. The number of nitrogens with zero attached hydrogens (tertiary/aromatic N) is 2. The molecule has 0 amide bonds. The maximum atomic E-state index is 11.8. The lowest BCUT2D eigenvalue weighted by molar-refractivity contribution is 0.637. The number of nitrogens with one attached hydrogen (secondary N) is 1. The van der Waals surface area contributed by atoms with Crippen molar-refractivity contribution in [2.45, 2.75) is 30.4 Å². The second-order valence-electron chi connectivity index (χ2n) is 4.64. The van der Waals surface area contributed by atoms with Crippen LogP contribution in [0, 0.1) is 0 Å². The number of hydrogen-bond acceptors (Lipinski definition) is 4. The molecule has 2 rings (SSSR count). The Hall–Kier alpha value is -0.970. The Morgan fingerprint density at radius 2 is 2.24 bits per heavy atom.